The number of methoxy groups -OCH3 is 1. The molecule has 0 aromatic carbocycles. The molecule has 2 aromatic heterocycles. The molecule has 6 heteroatoms. The summed E-state index contributed by atoms with van der Waals surface area (Å²) >= 11 is 3.37. The molecule has 5 nitrogen and oxygen atoms in total. The first-order chi connectivity index (χ1) is 9.01. The second-order valence-electron chi connectivity index (χ2n) is 4.26. The van der Waals surface area contributed by atoms with Gasteiger partial charge in [0.15, 0.2) is 5.82 Å². The minimum atomic E-state index is 0.378. The standard InChI is InChI=1S/C13H15BrN4O/c1-7-4-9(5-8(2)16-7)13-17-10(6-19-3)11(14)12(15)18-13/h4-5H,6H2,1-3H3,(H2,15,17,18). The number of anilines is 1. The van der Waals surface area contributed by atoms with Crippen molar-refractivity contribution in [3.05, 3.63) is 33.7 Å². The van der Waals surface area contributed by atoms with Crippen LogP contribution in [0.5, 0.6) is 0 Å². The number of nitrogens with zero attached hydrogens (tertiary/aromatic N) is 3. The summed E-state index contributed by atoms with van der Waals surface area (Å²) in [5.41, 5.74) is 9.38. The lowest BCUT2D eigenvalue weighted by Gasteiger charge is -2.09. The summed E-state index contributed by atoms with van der Waals surface area (Å²) in [6.07, 6.45) is 0. The van der Waals surface area contributed by atoms with E-state index in [2.05, 4.69) is 30.9 Å². The zero-order valence-corrected chi connectivity index (χ0v) is 12.7. The Labute approximate surface area is 120 Å². The largest absolute Gasteiger partial charge is 0.383 e. The summed E-state index contributed by atoms with van der Waals surface area (Å²) in [7, 11) is 1.62. The average Bonchev–Trinajstić information content (AvgIpc) is 2.33. The predicted molar refractivity (Wildman–Crippen MR) is 77.6 cm³/mol. The molecule has 0 aliphatic rings. The van der Waals surface area contributed by atoms with E-state index in [1.807, 2.05) is 26.0 Å². The number of pyridine rings is 1. The van der Waals surface area contributed by atoms with Crippen molar-refractivity contribution in [2.45, 2.75) is 20.5 Å². The molecule has 0 aliphatic carbocycles. The molecular formula is C13H15BrN4O. The van der Waals surface area contributed by atoms with E-state index in [0.29, 0.717) is 22.7 Å². The highest BCUT2D eigenvalue weighted by atomic mass is 79.9. The van der Waals surface area contributed by atoms with E-state index in [-0.39, 0.29) is 0 Å². The maximum Gasteiger partial charge on any atom is 0.162 e. The van der Waals surface area contributed by atoms with Crippen LogP contribution in [0.1, 0.15) is 17.1 Å². The van der Waals surface area contributed by atoms with Crippen molar-refractivity contribution in [3.63, 3.8) is 0 Å². The van der Waals surface area contributed by atoms with E-state index in [9.17, 15) is 0 Å². The smallest absolute Gasteiger partial charge is 0.162 e. The molecule has 0 saturated carbocycles. The zero-order chi connectivity index (χ0) is 14.0. The van der Waals surface area contributed by atoms with E-state index in [1.165, 1.54) is 0 Å². The number of rotatable bonds is 3. The third-order valence-electron chi connectivity index (χ3n) is 2.57. The van der Waals surface area contributed by atoms with Gasteiger partial charge in [-0.2, -0.15) is 0 Å². The Morgan fingerprint density at radius 3 is 2.37 bits per heavy atom. The van der Waals surface area contributed by atoms with Crippen molar-refractivity contribution in [3.8, 4) is 11.4 Å². The summed E-state index contributed by atoms with van der Waals surface area (Å²) < 4.78 is 5.79. The van der Waals surface area contributed by atoms with Gasteiger partial charge in [-0.15, -0.1) is 0 Å². The van der Waals surface area contributed by atoms with Crippen LogP contribution in [0.15, 0.2) is 16.6 Å². The zero-order valence-electron chi connectivity index (χ0n) is 11.1. The Balaban J connectivity index is 2.55. The first kappa shape index (κ1) is 13.9. The van der Waals surface area contributed by atoms with Gasteiger partial charge in [0.05, 0.1) is 16.8 Å². The molecule has 0 radical (unpaired) electrons. The molecular weight excluding hydrogens is 308 g/mol. The van der Waals surface area contributed by atoms with Gasteiger partial charge in [0, 0.05) is 24.1 Å². The highest BCUT2D eigenvalue weighted by Crippen LogP contribution is 2.26. The van der Waals surface area contributed by atoms with Gasteiger partial charge < -0.3 is 10.5 Å². The minimum Gasteiger partial charge on any atom is -0.383 e. The van der Waals surface area contributed by atoms with Crippen molar-refractivity contribution in [1.29, 1.82) is 0 Å². The third-order valence-corrected chi connectivity index (χ3v) is 3.43. The van der Waals surface area contributed by atoms with Crippen molar-refractivity contribution in [1.82, 2.24) is 15.0 Å². The van der Waals surface area contributed by atoms with Crippen LogP contribution in [-0.4, -0.2) is 22.1 Å². The summed E-state index contributed by atoms with van der Waals surface area (Å²) in [5.74, 6) is 0.991. The molecule has 0 bridgehead atoms. The molecule has 2 aromatic rings. The number of hydrogen-bond acceptors (Lipinski definition) is 5. The molecule has 2 rings (SSSR count). The fourth-order valence-corrected chi connectivity index (χ4v) is 2.13. The molecule has 0 aliphatic heterocycles. The van der Waals surface area contributed by atoms with Gasteiger partial charge >= 0.3 is 0 Å². The Kier molecular flexibility index (Phi) is 4.11. The summed E-state index contributed by atoms with van der Waals surface area (Å²) in [6.45, 7) is 4.26. The van der Waals surface area contributed by atoms with Gasteiger partial charge in [-0.25, -0.2) is 9.97 Å². The van der Waals surface area contributed by atoms with E-state index >= 15 is 0 Å². The first-order valence-electron chi connectivity index (χ1n) is 5.77. The lowest BCUT2D eigenvalue weighted by atomic mass is 10.2. The number of halogens is 1. The highest BCUT2D eigenvalue weighted by Gasteiger charge is 2.12. The predicted octanol–water partition coefficient (Wildman–Crippen LogP) is 2.65. The Morgan fingerprint density at radius 1 is 1.16 bits per heavy atom. The maximum absolute atomic E-state index is 5.90. The maximum atomic E-state index is 5.90. The Hall–Kier alpha value is -1.53. The second kappa shape index (κ2) is 5.63. The van der Waals surface area contributed by atoms with Crippen LogP contribution in [0.3, 0.4) is 0 Å². The Bertz CT molecular complexity index is 596. The normalized spacial score (nSPS) is 10.7. The van der Waals surface area contributed by atoms with Crippen LogP contribution in [0, 0.1) is 13.8 Å². The van der Waals surface area contributed by atoms with E-state index in [0.717, 1.165) is 22.6 Å². The summed E-state index contributed by atoms with van der Waals surface area (Å²) in [5, 5.41) is 0. The molecule has 0 spiro atoms. The van der Waals surface area contributed by atoms with Crippen LogP contribution in [0.2, 0.25) is 0 Å². The monoisotopic (exact) mass is 322 g/mol. The first-order valence-corrected chi connectivity index (χ1v) is 6.57. The molecule has 2 heterocycles. The van der Waals surface area contributed by atoms with Gasteiger partial charge in [0.1, 0.15) is 5.82 Å². The quantitative estimate of drug-likeness (QED) is 0.940. The van der Waals surface area contributed by atoms with Gasteiger partial charge in [-0.05, 0) is 41.9 Å². The second-order valence-corrected chi connectivity index (χ2v) is 5.06. The summed E-state index contributed by atoms with van der Waals surface area (Å²) in [4.78, 5) is 13.1. The molecule has 2 N–H and O–H groups in total. The van der Waals surface area contributed by atoms with Crippen LogP contribution in [0.4, 0.5) is 5.82 Å². The van der Waals surface area contributed by atoms with E-state index < -0.39 is 0 Å². The Morgan fingerprint density at radius 2 is 1.79 bits per heavy atom. The number of aryl methyl sites for hydroxylation is 2. The van der Waals surface area contributed by atoms with Crippen LogP contribution < -0.4 is 5.73 Å². The summed E-state index contributed by atoms with van der Waals surface area (Å²) in [6, 6.07) is 3.87. The van der Waals surface area contributed by atoms with Gasteiger partial charge in [0.2, 0.25) is 0 Å². The fraction of sp³-hybridized carbons (Fsp3) is 0.308. The SMILES string of the molecule is COCc1nc(-c2cc(C)nc(C)c2)nc(N)c1Br. The van der Waals surface area contributed by atoms with Crippen molar-refractivity contribution in [2.75, 3.05) is 12.8 Å². The molecule has 0 atom stereocenters. The van der Waals surface area contributed by atoms with Crippen molar-refractivity contribution >= 4 is 21.7 Å². The molecule has 0 amide bonds. The fourth-order valence-electron chi connectivity index (χ4n) is 1.84. The van der Waals surface area contributed by atoms with Gasteiger partial charge in [-0.1, -0.05) is 0 Å². The molecule has 0 fully saturated rings. The molecule has 0 saturated heterocycles. The van der Waals surface area contributed by atoms with E-state index in [1.54, 1.807) is 7.11 Å². The lowest BCUT2D eigenvalue weighted by molar-refractivity contribution is 0.181. The van der Waals surface area contributed by atoms with Crippen LogP contribution in [0.25, 0.3) is 11.4 Å². The number of nitrogens with two attached hydrogens (primary N) is 1. The van der Waals surface area contributed by atoms with Crippen molar-refractivity contribution < 1.29 is 4.74 Å². The minimum absolute atomic E-state index is 0.378. The van der Waals surface area contributed by atoms with Crippen molar-refractivity contribution in [2.24, 2.45) is 0 Å². The highest BCUT2D eigenvalue weighted by molar-refractivity contribution is 9.10. The lowest BCUT2D eigenvalue weighted by Crippen LogP contribution is -2.04. The number of ether oxygens (including phenoxy) is 1. The van der Waals surface area contributed by atoms with Crippen LogP contribution >= 0.6 is 15.9 Å². The molecule has 100 valence electrons. The van der Waals surface area contributed by atoms with E-state index in [4.69, 9.17) is 10.5 Å². The number of aromatic nitrogens is 3. The number of hydrogen-bond donors (Lipinski definition) is 1. The molecule has 0 unspecified atom stereocenters. The van der Waals surface area contributed by atoms with Gasteiger partial charge in [-0.3, -0.25) is 4.98 Å². The average molecular weight is 323 g/mol. The van der Waals surface area contributed by atoms with Crippen LogP contribution in [-0.2, 0) is 11.3 Å². The number of nitrogen functional groups attached to an aromatic ring is 1. The topological polar surface area (TPSA) is 73.9 Å². The molecule has 19 heavy (non-hydrogen) atoms. The van der Waals surface area contributed by atoms with Gasteiger partial charge in [0.25, 0.3) is 0 Å². The third kappa shape index (κ3) is 3.08.